The monoisotopic (exact) mass is 427 g/mol. The van der Waals surface area contributed by atoms with Crippen LogP contribution in [0, 0.1) is 5.92 Å². The van der Waals surface area contributed by atoms with Gasteiger partial charge in [-0.25, -0.2) is 9.97 Å². The van der Waals surface area contributed by atoms with Crippen molar-refractivity contribution in [2.45, 2.75) is 31.0 Å². The van der Waals surface area contributed by atoms with Crippen LogP contribution in [0.1, 0.15) is 25.6 Å². The van der Waals surface area contributed by atoms with E-state index in [4.69, 9.17) is 4.74 Å². The fourth-order valence-electron chi connectivity index (χ4n) is 3.16. The molecular formula is C19H20F3N3O3S. The molecule has 1 saturated heterocycles. The lowest BCUT2D eigenvalue weighted by atomic mass is 9.98. The van der Waals surface area contributed by atoms with Gasteiger partial charge in [0, 0.05) is 18.5 Å². The van der Waals surface area contributed by atoms with Crippen LogP contribution >= 0.6 is 11.8 Å². The van der Waals surface area contributed by atoms with E-state index in [2.05, 4.69) is 9.97 Å². The molecule has 10 heteroatoms. The summed E-state index contributed by atoms with van der Waals surface area (Å²) in [5.41, 5.74) is 0.171. The highest BCUT2D eigenvalue weighted by molar-refractivity contribution is 8.00. The Morgan fingerprint density at radius 1 is 1.28 bits per heavy atom. The molecule has 3 rings (SSSR count). The van der Waals surface area contributed by atoms with Crippen molar-refractivity contribution in [1.29, 1.82) is 0 Å². The van der Waals surface area contributed by atoms with Crippen LogP contribution in [0.4, 0.5) is 13.2 Å². The minimum Gasteiger partial charge on any atom is -0.466 e. The van der Waals surface area contributed by atoms with E-state index in [1.165, 1.54) is 6.07 Å². The number of hydrogen-bond donors (Lipinski definition) is 0. The molecule has 1 aromatic carbocycles. The molecule has 1 fully saturated rings. The molecule has 0 bridgehead atoms. The van der Waals surface area contributed by atoms with Crippen molar-refractivity contribution >= 4 is 34.5 Å². The highest BCUT2D eigenvalue weighted by Gasteiger charge is 2.36. The summed E-state index contributed by atoms with van der Waals surface area (Å²) in [6.07, 6.45) is -3.35. The molecule has 1 aromatic heterocycles. The van der Waals surface area contributed by atoms with Crippen LogP contribution in [0.3, 0.4) is 0 Å². The quantitative estimate of drug-likeness (QED) is 0.413. The number of hydrogen-bond acceptors (Lipinski definition) is 6. The van der Waals surface area contributed by atoms with Crippen LogP contribution in [-0.4, -0.2) is 52.2 Å². The fourth-order valence-corrected chi connectivity index (χ4v) is 4.08. The summed E-state index contributed by atoms with van der Waals surface area (Å²) < 4.78 is 44.4. The molecular weight excluding hydrogens is 407 g/mol. The molecule has 2 aromatic rings. The lowest BCUT2D eigenvalue weighted by Crippen LogP contribution is -2.43. The zero-order valence-electron chi connectivity index (χ0n) is 15.7. The average molecular weight is 427 g/mol. The third-order valence-electron chi connectivity index (χ3n) is 4.55. The molecule has 156 valence electrons. The van der Waals surface area contributed by atoms with Gasteiger partial charge in [-0.1, -0.05) is 30.0 Å². The van der Waals surface area contributed by atoms with Crippen LogP contribution in [0.25, 0.3) is 10.9 Å². The fraction of sp³-hybridized carbons (Fsp3) is 0.474. The van der Waals surface area contributed by atoms with Gasteiger partial charge in [0.1, 0.15) is 5.03 Å². The van der Waals surface area contributed by atoms with Gasteiger partial charge in [-0.05, 0) is 25.8 Å². The molecule has 0 unspecified atom stereocenters. The number of ether oxygens (including phenoxy) is 1. The van der Waals surface area contributed by atoms with Crippen molar-refractivity contribution in [2.75, 3.05) is 25.4 Å². The van der Waals surface area contributed by atoms with Gasteiger partial charge in [0.25, 0.3) is 0 Å². The SMILES string of the molecule is CCOC(=O)[C@@H]1CCCN(C(=O)CSc2nc(C(F)(F)F)nc3ccccc23)C1. The van der Waals surface area contributed by atoms with E-state index < -0.39 is 12.0 Å². The molecule has 0 N–H and O–H groups in total. The van der Waals surface area contributed by atoms with Crippen molar-refractivity contribution in [3.05, 3.63) is 30.1 Å². The highest BCUT2D eigenvalue weighted by atomic mass is 32.2. The van der Waals surface area contributed by atoms with Gasteiger partial charge in [-0.15, -0.1) is 0 Å². The third-order valence-corrected chi connectivity index (χ3v) is 5.52. The Hall–Kier alpha value is -2.36. The number of para-hydroxylation sites is 1. The lowest BCUT2D eigenvalue weighted by Gasteiger charge is -2.31. The Bertz CT molecular complexity index is 907. The second-order valence-corrected chi connectivity index (χ2v) is 7.55. The van der Waals surface area contributed by atoms with Crippen LogP contribution in [0.5, 0.6) is 0 Å². The maximum atomic E-state index is 13.1. The molecule has 0 aliphatic carbocycles. The lowest BCUT2D eigenvalue weighted by molar-refractivity contribution is -0.151. The number of benzene rings is 1. The molecule has 6 nitrogen and oxygen atoms in total. The number of thioether (sulfide) groups is 1. The second kappa shape index (κ2) is 8.98. The molecule has 1 aliphatic heterocycles. The number of carbonyl (C=O) groups excluding carboxylic acids is 2. The number of carbonyl (C=O) groups is 2. The second-order valence-electron chi connectivity index (χ2n) is 6.59. The number of fused-ring (bicyclic) bond motifs is 1. The highest BCUT2D eigenvalue weighted by Crippen LogP contribution is 2.32. The Morgan fingerprint density at radius 2 is 2.03 bits per heavy atom. The van der Waals surface area contributed by atoms with Gasteiger partial charge in [0.2, 0.25) is 11.7 Å². The smallest absolute Gasteiger partial charge is 0.451 e. The van der Waals surface area contributed by atoms with Crippen LogP contribution in [0.2, 0.25) is 0 Å². The van der Waals surface area contributed by atoms with Crippen molar-refractivity contribution in [3.8, 4) is 0 Å². The van der Waals surface area contributed by atoms with Crippen LogP contribution in [0.15, 0.2) is 29.3 Å². The minimum atomic E-state index is -4.68. The molecule has 2 heterocycles. The Kier molecular flexibility index (Phi) is 6.61. The minimum absolute atomic E-state index is 0.0755. The van der Waals surface area contributed by atoms with Crippen LogP contribution < -0.4 is 0 Å². The number of esters is 1. The first kappa shape index (κ1) is 21.4. The number of alkyl halides is 3. The van der Waals surface area contributed by atoms with E-state index in [1.807, 2.05) is 0 Å². The van der Waals surface area contributed by atoms with Gasteiger partial charge in [-0.2, -0.15) is 13.2 Å². The van der Waals surface area contributed by atoms with Crippen molar-refractivity contribution in [2.24, 2.45) is 5.92 Å². The molecule has 0 radical (unpaired) electrons. The number of halogens is 3. The average Bonchev–Trinajstić information content (AvgIpc) is 2.71. The number of nitrogens with zero attached hydrogens (tertiary/aromatic N) is 3. The zero-order valence-corrected chi connectivity index (χ0v) is 16.6. The number of likely N-dealkylation sites (tertiary alicyclic amines) is 1. The topological polar surface area (TPSA) is 72.4 Å². The van der Waals surface area contributed by atoms with E-state index in [0.717, 1.165) is 11.8 Å². The summed E-state index contributed by atoms with van der Waals surface area (Å²) >= 11 is 0.943. The number of piperidine rings is 1. The summed E-state index contributed by atoms with van der Waals surface area (Å²) in [5, 5.41) is 0.566. The summed E-state index contributed by atoms with van der Waals surface area (Å²) in [6.45, 7) is 2.77. The largest absolute Gasteiger partial charge is 0.466 e. The van der Waals surface area contributed by atoms with Gasteiger partial charge in [0.05, 0.1) is 23.8 Å². The first-order chi connectivity index (χ1) is 13.8. The first-order valence-corrected chi connectivity index (χ1v) is 10.2. The van der Waals surface area contributed by atoms with Crippen molar-refractivity contribution < 1.29 is 27.5 Å². The van der Waals surface area contributed by atoms with Gasteiger partial charge < -0.3 is 9.64 Å². The van der Waals surface area contributed by atoms with Crippen LogP contribution in [-0.2, 0) is 20.5 Å². The molecule has 0 spiro atoms. The molecule has 1 amide bonds. The normalized spacial score (nSPS) is 17.4. The van der Waals surface area contributed by atoms with Crippen molar-refractivity contribution in [1.82, 2.24) is 14.9 Å². The maximum Gasteiger partial charge on any atom is 0.451 e. The predicted molar refractivity (Wildman–Crippen MR) is 101 cm³/mol. The maximum absolute atomic E-state index is 13.1. The number of rotatable bonds is 5. The summed E-state index contributed by atoms with van der Waals surface area (Å²) in [4.78, 5) is 33.3. The first-order valence-electron chi connectivity index (χ1n) is 9.20. The Balaban J connectivity index is 1.73. The summed E-state index contributed by atoms with van der Waals surface area (Å²) in [7, 11) is 0. The number of aromatic nitrogens is 2. The van der Waals surface area contributed by atoms with E-state index in [1.54, 1.807) is 30.0 Å². The number of amides is 1. The van der Waals surface area contributed by atoms with E-state index in [0.29, 0.717) is 24.8 Å². The van der Waals surface area contributed by atoms with Gasteiger partial charge >= 0.3 is 12.1 Å². The summed E-state index contributed by atoms with van der Waals surface area (Å²) in [5.74, 6) is -2.25. The van der Waals surface area contributed by atoms with E-state index >= 15 is 0 Å². The molecule has 1 atom stereocenters. The molecule has 0 saturated carbocycles. The zero-order chi connectivity index (χ0) is 21.0. The van der Waals surface area contributed by atoms with Gasteiger partial charge in [0.15, 0.2) is 0 Å². The van der Waals surface area contributed by atoms with Crippen molar-refractivity contribution in [3.63, 3.8) is 0 Å². The van der Waals surface area contributed by atoms with Gasteiger partial charge in [-0.3, -0.25) is 9.59 Å². The standard InChI is InChI=1S/C19H20F3N3O3S/c1-2-28-17(27)12-6-5-9-25(10-12)15(26)11-29-16-13-7-3-4-8-14(13)23-18(24-16)19(20,21)22/h3-4,7-8,12H,2,5-6,9-11H2,1H3/t12-/m1/s1. The third kappa shape index (κ3) is 5.17. The molecule has 29 heavy (non-hydrogen) atoms. The molecule has 1 aliphatic rings. The predicted octanol–water partition coefficient (Wildman–Crippen LogP) is 3.54. The van der Waals surface area contributed by atoms with E-state index in [9.17, 15) is 22.8 Å². The van der Waals surface area contributed by atoms with E-state index in [-0.39, 0.29) is 47.2 Å². The summed E-state index contributed by atoms with van der Waals surface area (Å²) in [6, 6.07) is 6.38. The Morgan fingerprint density at radius 3 is 2.76 bits per heavy atom. The Labute approximate surface area is 169 Å².